The van der Waals surface area contributed by atoms with Crippen molar-refractivity contribution in [3.8, 4) is 10.8 Å². The molecule has 0 aromatic carbocycles. The smallest absolute Gasteiger partial charge is 0.226 e. The van der Waals surface area contributed by atoms with Gasteiger partial charge in [-0.2, -0.15) is 0 Å². The molecule has 0 bridgehead atoms. The van der Waals surface area contributed by atoms with Gasteiger partial charge in [-0.15, -0.1) is 11.3 Å². The molecule has 0 atom stereocenters. The summed E-state index contributed by atoms with van der Waals surface area (Å²) >= 11 is 1.50. The number of carbonyl (C=O) groups excluding carboxylic acids is 1. The topological polar surface area (TPSA) is 64.4 Å². The van der Waals surface area contributed by atoms with Gasteiger partial charge in [0.2, 0.25) is 5.91 Å². The van der Waals surface area contributed by atoms with Crippen molar-refractivity contribution in [1.29, 1.82) is 0 Å². The van der Waals surface area contributed by atoms with Crippen molar-refractivity contribution in [2.24, 2.45) is 5.92 Å². The number of aromatic nitrogens is 1. The summed E-state index contributed by atoms with van der Waals surface area (Å²) in [6, 6.07) is 3.81. The van der Waals surface area contributed by atoms with E-state index in [-0.39, 0.29) is 5.91 Å². The van der Waals surface area contributed by atoms with Gasteiger partial charge in [0.05, 0.1) is 12.1 Å². The Kier molecular flexibility index (Phi) is 5.46. The molecule has 1 aliphatic carbocycles. The van der Waals surface area contributed by atoms with Crippen LogP contribution in [-0.4, -0.2) is 30.6 Å². The van der Waals surface area contributed by atoms with Crippen LogP contribution in [-0.2, 0) is 16.0 Å². The standard InChI is InChI=1S/C17H22N2O3S/c1-12-3-6-15(22-12)17-19-14(11-23-17)9-16(20)18-7-2-8-21-10-13-4-5-13/h3,6,11,13H,2,4-5,7-10H2,1H3,(H,18,20). The Morgan fingerprint density at radius 1 is 1.48 bits per heavy atom. The average Bonchev–Trinajstić information content (AvgIpc) is 3.06. The minimum absolute atomic E-state index is 0.000307. The molecule has 0 aliphatic heterocycles. The van der Waals surface area contributed by atoms with E-state index in [2.05, 4.69) is 10.3 Å². The summed E-state index contributed by atoms with van der Waals surface area (Å²) < 4.78 is 11.1. The summed E-state index contributed by atoms with van der Waals surface area (Å²) in [4.78, 5) is 16.4. The lowest BCUT2D eigenvalue weighted by molar-refractivity contribution is -0.120. The fraction of sp³-hybridized carbons (Fsp3) is 0.529. The Morgan fingerprint density at radius 3 is 3.09 bits per heavy atom. The molecule has 2 heterocycles. The maximum atomic E-state index is 11.9. The van der Waals surface area contributed by atoms with Crippen LogP contribution >= 0.6 is 11.3 Å². The first kappa shape index (κ1) is 16.2. The van der Waals surface area contributed by atoms with E-state index in [1.54, 1.807) is 0 Å². The van der Waals surface area contributed by atoms with Crippen molar-refractivity contribution in [2.45, 2.75) is 32.6 Å². The lowest BCUT2D eigenvalue weighted by Crippen LogP contribution is -2.27. The van der Waals surface area contributed by atoms with E-state index in [0.717, 1.165) is 47.8 Å². The summed E-state index contributed by atoms with van der Waals surface area (Å²) in [6.45, 7) is 4.15. The fourth-order valence-corrected chi connectivity index (χ4v) is 2.99. The molecule has 6 heteroatoms. The van der Waals surface area contributed by atoms with Gasteiger partial charge >= 0.3 is 0 Å². The monoisotopic (exact) mass is 334 g/mol. The summed E-state index contributed by atoms with van der Waals surface area (Å²) in [6.07, 6.45) is 3.78. The number of rotatable bonds is 9. The van der Waals surface area contributed by atoms with Crippen molar-refractivity contribution >= 4 is 17.2 Å². The first-order valence-corrected chi connectivity index (χ1v) is 8.94. The normalized spacial score (nSPS) is 14.1. The van der Waals surface area contributed by atoms with Crippen LogP contribution in [0.5, 0.6) is 0 Å². The number of hydrogen-bond acceptors (Lipinski definition) is 5. The van der Waals surface area contributed by atoms with Gasteiger partial charge in [0.1, 0.15) is 5.76 Å². The predicted octanol–water partition coefficient (Wildman–Crippen LogP) is 3.19. The van der Waals surface area contributed by atoms with Gasteiger partial charge in [0.25, 0.3) is 0 Å². The molecule has 1 fully saturated rings. The van der Waals surface area contributed by atoms with Gasteiger partial charge in [-0.3, -0.25) is 4.79 Å². The maximum absolute atomic E-state index is 11.9. The first-order chi connectivity index (χ1) is 11.2. The summed E-state index contributed by atoms with van der Waals surface area (Å²) in [5.41, 5.74) is 0.779. The highest BCUT2D eigenvalue weighted by molar-refractivity contribution is 7.13. The Balaban J connectivity index is 1.35. The highest BCUT2D eigenvalue weighted by Gasteiger charge is 2.20. The van der Waals surface area contributed by atoms with Gasteiger partial charge in [-0.05, 0) is 44.2 Å². The molecule has 23 heavy (non-hydrogen) atoms. The minimum atomic E-state index is -0.000307. The third-order valence-electron chi connectivity index (χ3n) is 3.68. The van der Waals surface area contributed by atoms with Gasteiger partial charge in [-0.1, -0.05) is 0 Å². The van der Waals surface area contributed by atoms with E-state index in [1.165, 1.54) is 24.2 Å². The van der Waals surface area contributed by atoms with E-state index in [1.807, 2.05) is 24.4 Å². The molecular formula is C17H22N2O3S. The molecule has 3 rings (SSSR count). The van der Waals surface area contributed by atoms with E-state index < -0.39 is 0 Å². The fourth-order valence-electron chi connectivity index (χ4n) is 2.21. The molecule has 0 spiro atoms. The van der Waals surface area contributed by atoms with Crippen molar-refractivity contribution in [3.05, 3.63) is 29.0 Å². The number of hydrogen-bond donors (Lipinski definition) is 1. The SMILES string of the molecule is Cc1ccc(-c2nc(CC(=O)NCCCOCC3CC3)cs2)o1. The van der Waals surface area contributed by atoms with Crippen molar-refractivity contribution in [3.63, 3.8) is 0 Å². The first-order valence-electron chi connectivity index (χ1n) is 8.06. The second kappa shape index (κ2) is 7.75. The Hall–Kier alpha value is -1.66. The minimum Gasteiger partial charge on any atom is -0.459 e. The van der Waals surface area contributed by atoms with Crippen LogP contribution in [0.25, 0.3) is 10.8 Å². The van der Waals surface area contributed by atoms with Crippen LogP contribution in [0.4, 0.5) is 0 Å². The molecule has 1 aliphatic rings. The molecular weight excluding hydrogens is 312 g/mol. The van der Waals surface area contributed by atoms with Crippen LogP contribution in [0.1, 0.15) is 30.7 Å². The molecule has 0 radical (unpaired) electrons. The van der Waals surface area contributed by atoms with Crippen molar-refractivity contribution in [2.75, 3.05) is 19.8 Å². The van der Waals surface area contributed by atoms with Crippen LogP contribution in [0, 0.1) is 12.8 Å². The van der Waals surface area contributed by atoms with Gasteiger partial charge < -0.3 is 14.5 Å². The average molecular weight is 334 g/mol. The molecule has 1 amide bonds. The lowest BCUT2D eigenvalue weighted by atomic mass is 10.3. The maximum Gasteiger partial charge on any atom is 0.226 e. The molecule has 124 valence electrons. The van der Waals surface area contributed by atoms with Crippen LogP contribution < -0.4 is 5.32 Å². The zero-order valence-corrected chi connectivity index (χ0v) is 14.2. The van der Waals surface area contributed by atoms with Crippen LogP contribution in [0.3, 0.4) is 0 Å². The third kappa shape index (κ3) is 5.18. The number of furan rings is 1. The lowest BCUT2D eigenvalue weighted by Gasteiger charge is -2.05. The molecule has 0 unspecified atom stereocenters. The summed E-state index contributed by atoms with van der Waals surface area (Å²) in [5.74, 6) is 2.41. The van der Waals surface area contributed by atoms with Crippen molar-refractivity contribution < 1.29 is 13.9 Å². The van der Waals surface area contributed by atoms with Gasteiger partial charge in [0, 0.05) is 25.1 Å². The number of thiazole rings is 1. The zero-order chi connectivity index (χ0) is 16.1. The Morgan fingerprint density at radius 2 is 2.35 bits per heavy atom. The zero-order valence-electron chi connectivity index (χ0n) is 13.3. The second-order valence-electron chi connectivity index (χ2n) is 5.95. The van der Waals surface area contributed by atoms with E-state index in [0.29, 0.717) is 13.0 Å². The van der Waals surface area contributed by atoms with Gasteiger partial charge in [-0.25, -0.2) is 4.98 Å². The molecule has 0 saturated heterocycles. The third-order valence-corrected chi connectivity index (χ3v) is 4.59. The van der Waals surface area contributed by atoms with Gasteiger partial charge in [0.15, 0.2) is 10.8 Å². The molecule has 2 aromatic heterocycles. The number of aryl methyl sites for hydroxylation is 1. The molecule has 2 aromatic rings. The molecule has 1 N–H and O–H groups in total. The van der Waals surface area contributed by atoms with E-state index >= 15 is 0 Å². The van der Waals surface area contributed by atoms with E-state index in [9.17, 15) is 4.79 Å². The van der Waals surface area contributed by atoms with E-state index in [4.69, 9.17) is 9.15 Å². The molecule has 1 saturated carbocycles. The number of ether oxygens (including phenoxy) is 1. The largest absolute Gasteiger partial charge is 0.459 e. The highest BCUT2D eigenvalue weighted by atomic mass is 32.1. The highest BCUT2D eigenvalue weighted by Crippen LogP contribution is 2.28. The Labute approximate surface area is 140 Å². The predicted molar refractivity (Wildman–Crippen MR) is 89.4 cm³/mol. The quantitative estimate of drug-likeness (QED) is 0.715. The van der Waals surface area contributed by atoms with Crippen molar-refractivity contribution in [1.82, 2.24) is 10.3 Å². The summed E-state index contributed by atoms with van der Waals surface area (Å²) in [7, 11) is 0. The number of nitrogens with zero attached hydrogens (tertiary/aromatic N) is 1. The van der Waals surface area contributed by atoms with Crippen LogP contribution in [0.15, 0.2) is 21.9 Å². The number of carbonyl (C=O) groups is 1. The van der Waals surface area contributed by atoms with Crippen LogP contribution in [0.2, 0.25) is 0 Å². The Bertz CT molecular complexity index is 646. The molecule has 5 nitrogen and oxygen atoms in total. The summed E-state index contributed by atoms with van der Waals surface area (Å²) in [5, 5.41) is 5.63. The number of nitrogens with one attached hydrogen (secondary N) is 1. The number of amides is 1. The second-order valence-corrected chi connectivity index (χ2v) is 6.81.